The predicted molar refractivity (Wildman–Crippen MR) is 88.0 cm³/mol. The smallest absolute Gasteiger partial charge is 0.171 e. The molecule has 0 aliphatic carbocycles. The number of rotatable bonds is 8. The Balaban J connectivity index is 1.73. The molecule has 1 fully saturated rings. The number of methoxy groups -OCH3 is 1. The normalized spacial score (nSPS) is 16.0. The fourth-order valence-electron chi connectivity index (χ4n) is 2.91. The number of ether oxygens (including phenoxy) is 2. The zero-order valence-corrected chi connectivity index (χ0v) is 13.6. The van der Waals surface area contributed by atoms with E-state index in [9.17, 15) is 4.79 Å². The van der Waals surface area contributed by atoms with E-state index in [2.05, 4.69) is 4.90 Å². The summed E-state index contributed by atoms with van der Waals surface area (Å²) in [6.45, 7) is 4.25. The Kier molecular flexibility index (Phi) is 7.23. The summed E-state index contributed by atoms with van der Waals surface area (Å²) in [6, 6.07) is 5.37. The van der Waals surface area contributed by atoms with Crippen LogP contribution in [0.5, 0.6) is 11.5 Å². The monoisotopic (exact) mass is 305 g/mol. The van der Waals surface area contributed by atoms with Crippen molar-refractivity contribution in [3.63, 3.8) is 0 Å². The van der Waals surface area contributed by atoms with Gasteiger partial charge < -0.3 is 14.4 Å². The van der Waals surface area contributed by atoms with Gasteiger partial charge in [0, 0.05) is 0 Å². The van der Waals surface area contributed by atoms with Crippen LogP contribution in [0.3, 0.4) is 0 Å². The number of para-hydroxylation sites is 1. The highest BCUT2D eigenvalue weighted by Crippen LogP contribution is 2.30. The predicted octanol–water partition coefficient (Wildman–Crippen LogP) is 3.54. The van der Waals surface area contributed by atoms with Gasteiger partial charge >= 0.3 is 0 Å². The largest absolute Gasteiger partial charge is 0.493 e. The Hall–Kier alpha value is -1.55. The van der Waals surface area contributed by atoms with Gasteiger partial charge in [-0.25, -0.2) is 0 Å². The molecule has 0 aromatic heterocycles. The molecule has 1 heterocycles. The standard InChI is InChI=1S/C18H27NO3/c1-21-17-10-8-9-16(15-20)18(17)22-14-7-6-13-19-11-4-2-3-5-12-19/h8-10,15H,2-7,11-14H2,1H3. The van der Waals surface area contributed by atoms with E-state index in [0.717, 1.165) is 25.7 Å². The first-order valence-corrected chi connectivity index (χ1v) is 8.32. The lowest BCUT2D eigenvalue weighted by Crippen LogP contribution is -2.26. The maximum absolute atomic E-state index is 11.1. The molecule has 1 aromatic rings. The molecule has 0 unspecified atom stereocenters. The fourth-order valence-corrected chi connectivity index (χ4v) is 2.91. The molecular weight excluding hydrogens is 278 g/mol. The van der Waals surface area contributed by atoms with Crippen molar-refractivity contribution in [2.75, 3.05) is 33.4 Å². The summed E-state index contributed by atoms with van der Waals surface area (Å²) < 4.78 is 11.1. The number of likely N-dealkylation sites (tertiary alicyclic amines) is 1. The first kappa shape index (κ1) is 16.8. The summed E-state index contributed by atoms with van der Waals surface area (Å²) in [5.74, 6) is 1.19. The second-order valence-corrected chi connectivity index (χ2v) is 5.81. The zero-order valence-electron chi connectivity index (χ0n) is 13.6. The van der Waals surface area contributed by atoms with E-state index in [1.54, 1.807) is 19.2 Å². The van der Waals surface area contributed by atoms with Crippen molar-refractivity contribution in [2.24, 2.45) is 0 Å². The second kappa shape index (κ2) is 9.46. The molecule has 0 saturated carbocycles. The Morgan fingerprint density at radius 3 is 2.59 bits per heavy atom. The summed E-state index contributed by atoms with van der Waals surface area (Å²) in [5, 5.41) is 0. The third kappa shape index (κ3) is 5.02. The van der Waals surface area contributed by atoms with E-state index >= 15 is 0 Å². The molecule has 0 atom stereocenters. The molecule has 2 rings (SSSR count). The fraction of sp³-hybridized carbons (Fsp3) is 0.611. The van der Waals surface area contributed by atoms with Crippen molar-refractivity contribution >= 4 is 6.29 Å². The number of nitrogens with zero attached hydrogens (tertiary/aromatic N) is 1. The lowest BCUT2D eigenvalue weighted by Gasteiger charge is -2.19. The minimum Gasteiger partial charge on any atom is -0.493 e. The van der Waals surface area contributed by atoms with E-state index in [1.165, 1.54) is 38.8 Å². The Labute approximate surface area is 133 Å². The van der Waals surface area contributed by atoms with E-state index in [1.807, 2.05) is 6.07 Å². The number of benzene rings is 1. The molecule has 1 aromatic carbocycles. The third-order valence-corrected chi connectivity index (χ3v) is 4.17. The highest BCUT2D eigenvalue weighted by molar-refractivity contribution is 5.81. The van der Waals surface area contributed by atoms with Gasteiger partial charge in [0.15, 0.2) is 17.8 Å². The number of unbranched alkanes of at least 4 members (excludes halogenated alkanes) is 1. The molecule has 4 nitrogen and oxygen atoms in total. The first-order chi connectivity index (χ1) is 10.8. The molecule has 0 bridgehead atoms. The van der Waals surface area contributed by atoms with Crippen LogP contribution in [0, 0.1) is 0 Å². The summed E-state index contributed by atoms with van der Waals surface area (Å²) in [5.41, 5.74) is 0.548. The van der Waals surface area contributed by atoms with Crippen LogP contribution in [0.2, 0.25) is 0 Å². The maximum Gasteiger partial charge on any atom is 0.171 e. The summed E-state index contributed by atoms with van der Waals surface area (Å²) >= 11 is 0. The maximum atomic E-state index is 11.1. The van der Waals surface area contributed by atoms with Gasteiger partial charge in [0.2, 0.25) is 0 Å². The van der Waals surface area contributed by atoms with Crippen LogP contribution in [-0.2, 0) is 0 Å². The number of carbonyl (C=O) groups excluding carboxylic acids is 1. The van der Waals surface area contributed by atoms with Crippen molar-refractivity contribution in [1.29, 1.82) is 0 Å². The average molecular weight is 305 g/mol. The summed E-state index contributed by atoms with van der Waals surface area (Å²) in [7, 11) is 1.59. The van der Waals surface area contributed by atoms with Crippen molar-refractivity contribution in [2.45, 2.75) is 38.5 Å². The van der Waals surface area contributed by atoms with Gasteiger partial charge in [0.05, 0.1) is 19.3 Å². The lowest BCUT2D eigenvalue weighted by molar-refractivity contribution is 0.111. The Morgan fingerprint density at radius 1 is 1.14 bits per heavy atom. The van der Waals surface area contributed by atoms with Gasteiger partial charge in [0.1, 0.15) is 0 Å². The molecular formula is C18H27NO3. The van der Waals surface area contributed by atoms with Crippen molar-refractivity contribution in [3.8, 4) is 11.5 Å². The van der Waals surface area contributed by atoms with Crippen LogP contribution in [0.1, 0.15) is 48.9 Å². The number of aldehydes is 1. The Morgan fingerprint density at radius 2 is 1.91 bits per heavy atom. The highest BCUT2D eigenvalue weighted by Gasteiger charge is 2.11. The van der Waals surface area contributed by atoms with Gasteiger partial charge in [-0.3, -0.25) is 4.79 Å². The van der Waals surface area contributed by atoms with Crippen LogP contribution in [0.15, 0.2) is 18.2 Å². The second-order valence-electron chi connectivity index (χ2n) is 5.81. The van der Waals surface area contributed by atoms with Crippen LogP contribution in [0.4, 0.5) is 0 Å². The SMILES string of the molecule is COc1cccc(C=O)c1OCCCCN1CCCCCC1. The van der Waals surface area contributed by atoms with Gasteiger partial charge in [-0.2, -0.15) is 0 Å². The van der Waals surface area contributed by atoms with Gasteiger partial charge in [-0.1, -0.05) is 18.9 Å². The molecule has 1 aliphatic rings. The van der Waals surface area contributed by atoms with Gasteiger partial charge in [0.25, 0.3) is 0 Å². The molecule has 0 spiro atoms. The number of hydrogen-bond donors (Lipinski definition) is 0. The van der Waals surface area contributed by atoms with Gasteiger partial charge in [-0.15, -0.1) is 0 Å². The van der Waals surface area contributed by atoms with E-state index < -0.39 is 0 Å². The topological polar surface area (TPSA) is 38.8 Å². The van der Waals surface area contributed by atoms with Crippen LogP contribution >= 0.6 is 0 Å². The molecule has 0 radical (unpaired) electrons. The molecule has 4 heteroatoms. The zero-order chi connectivity index (χ0) is 15.6. The lowest BCUT2D eigenvalue weighted by atomic mass is 10.2. The van der Waals surface area contributed by atoms with Crippen LogP contribution in [-0.4, -0.2) is 44.5 Å². The van der Waals surface area contributed by atoms with Crippen LogP contribution in [0.25, 0.3) is 0 Å². The van der Waals surface area contributed by atoms with Crippen molar-refractivity contribution in [1.82, 2.24) is 4.90 Å². The third-order valence-electron chi connectivity index (χ3n) is 4.17. The first-order valence-electron chi connectivity index (χ1n) is 8.32. The minimum atomic E-state index is 0.548. The molecule has 0 N–H and O–H groups in total. The average Bonchev–Trinajstić information content (AvgIpc) is 2.83. The van der Waals surface area contributed by atoms with Crippen molar-refractivity contribution in [3.05, 3.63) is 23.8 Å². The molecule has 22 heavy (non-hydrogen) atoms. The summed E-state index contributed by atoms with van der Waals surface area (Å²) in [6.07, 6.45) is 8.36. The quantitative estimate of drug-likeness (QED) is 0.544. The molecule has 1 aliphatic heterocycles. The van der Waals surface area contributed by atoms with E-state index in [4.69, 9.17) is 9.47 Å². The number of hydrogen-bond acceptors (Lipinski definition) is 4. The number of carbonyl (C=O) groups is 1. The molecule has 122 valence electrons. The summed E-state index contributed by atoms with van der Waals surface area (Å²) in [4.78, 5) is 13.6. The van der Waals surface area contributed by atoms with Crippen LogP contribution < -0.4 is 9.47 Å². The van der Waals surface area contributed by atoms with E-state index in [0.29, 0.717) is 23.7 Å². The molecule has 1 saturated heterocycles. The minimum absolute atomic E-state index is 0.548. The van der Waals surface area contributed by atoms with Gasteiger partial charge in [-0.05, 0) is 57.5 Å². The Bertz CT molecular complexity index is 454. The highest BCUT2D eigenvalue weighted by atomic mass is 16.5. The van der Waals surface area contributed by atoms with Crippen molar-refractivity contribution < 1.29 is 14.3 Å². The molecule has 0 amide bonds. The van der Waals surface area contributed by atoms with E-state index in [-0.39, 0.29) is 0 Å².